The first-order valence-electron chi connectivity index (χ1n) is 13.7. The molecule has 4 N–H and O–H groups in total. The summed E-state index contributed by atoms with van der Waals surface area (Å²) in [4.78, 5) is 35.2. The van der Waals surface area contributed by atoms with Crippen molar-refractivity contribution in [3.05, 3.63) is 95.9 Å². The van der Waals surface area contributed by atoms with E-state index in [0.29, 0.717) is 13.0 Å². The highest BCUT2D eigenvalue weighted by Crippen LogP contribution is 2.38. The second-order valence-electron chi connectivity index (χ2n) is 11.0. The number of phenolic OH excluding ortho intramolecular Hbond substituents is 1. The summed E-state index contributed by atoms with van der Waals surface area (Å²) in [6, 6.07) is 20.5. The summed E-state index contributed by atoms with van der Waals surface area (Å²) < 4.78 is 0. The third-order valence-corrected chi connectivity index (χ3v) is 8.04. The Kier molecular flexibility index (Phi) is 7.68. The molecule has 1 aliphatic rings. The Balaban J connectivity index is 1.39. The van der Waals surface area contributed by atoms with Gasteiger partial charge in [0.1, 0.15) is 11.3 Å². The van der Waals surface area contributed by atoms with E-state index in [1.54, 1.807) is 31.2 Å². The summed E-state index contributed by atoms with van der Waals surface area (Å²) in [6.45, 7) is 2.27. The number of rotatable bonds is 9. The number of carbonyl (C=O) groups is 2. The number of hydrogen-bond donors (Lipinski definition) is 4. The van der Waals surface area contributed by atoms with Gasteiger partial charge in [0.25, 0.3) is 0 Å². The Labute approximate surface area is 229 Å². The average molecular weight is 525 g/mol. The van der Waals surface area contributed by atoms with Crippen LogP contribution in [-0.2, 0) is 27.8 Å². The molecule has 0 unspecified atom stereocenters. The van der Waals surface area contributed by atoms with Gasteiger partial charge >= 0.3 is 0 Å². The second kappa shape index (κ2) is 11.3. The van der Waals surface area contributed by atoms with Crippen molar-refractivity contribution in [2.45, 2.75) is 62.8 Å². The van der Waals surface area contributed by atoms with Crippen LogP contribution in [0.5, 0.6) is 5.75 Å². The zero-order chi connectivity index (χ0) is 27.3. The lowest BCUT2D eigenvalue weighted by Gasteiger charge is -2.38. The molecule has 1 saturated carbocycles. The molecule has 1 atom stereocenters. The number of H-pyrrole nitrogens is 1. The van der Waals surface area contributed by atoms with E-state index in [1.165, 1.54) is 6.42 Å². The van der Waals surface area contributed by atoms with E-state index in [2.05, 4.69) is 26.7 Å². The molecule has 7 heteroatoms. The van der Waals surface area contributed by atoms with E-state index in [9.17, 15) is 14.7 Å². The molecule has 0 radical (unpaired) electrons. The lowest BCUT2D eigenvalue weighted by Crippen LogP contribution is -2.60. The van der Waals surface area contributed by atoms with Crippen molar-refractivity contribution in [1.29, 1.82) is 0 Å². The molecule has 1 aliphatic carbocycles. The minimum absolute atomic E-state index is 0.106. The molecule has 2 aromatic carbocycles. The lowest BCUT2D eigenvalue weighted by molar-refractivity contribution is -0.133. The van der Waals surface area contributed by atoms with Crippen LogP contribution >= 0.6 is 0 Å². The summed E-state index contributed by atoms with van der Waals surface area (Å²) >= 11 is 0. The lowest BCUT2D eigenvalue weighted by atomic mass is 9.71. The van der Waals surface area contributed by atoms with E-state index < -0.39 is 5.54 Å². The largest absolute Gasteiger partial charge is 0.508 e. The summed E-state index contributed by atoms with van der Waals surface area (Å²) in [7, 11) is 0. The quantitative estimate of drug-likeness (QED) is 0.249. The molecule has 39 heavy (non-hydrogen) atoms. The van der Waals surface area contributed by atoms with Gasteiger partial charge < -0.3 is 20.7 Å². The van der Waals surface area contributed by atoms with Crippen molar-refractivity contribution >= 4 is 22.7 Å². The number of amides is 2. The predicted molar refractivity (Wildman–Crippen MR) is 152 cm³/mol. The number of aromatic nitrogens is 2. The molecule has 7 nitrogen and oxygen atoms in total. The summed E-state index contributed by atoms with van der Waals surface area (Å²) in [5, 5.41) is 16.9. The maximum atomic E-state index is 14.0. The molecule has 202 valence electrons. The molecule has 0 aliphatic heterocycles. The number of hydrogen-bond acceptors (Lipinski definition) is 4. The molecule has 4 aromatic rings. The van der Waals surface area contributed by atoms with Gasteiger partial charge in [-0.05, 0) is 61.2 Å². The van der Waals surface area contributed by atoms with E-state index in [-0.39, 0.29) is 29.4 Å². The molecule has 2 heterocycles. The number of aromatic hydroxyl groups is 1. The molecule has 0 spiro atoms. The summed E-state index contributed by atoms with van der Waals surface area (Å²) in [5.74, 6) is -0.324. The third-order valence-electron chi connectivity index (χ3n) is 8.04. The van der Waals surface area contributed by atoms with Gasteiger partial charge in [-0.3, -0.25) is 14.6 Å². The van der Waals surface area contributed by atoms with E-state index in [4.69, 9.17) is 0 Å². The SMILES string of the molecule is C[C@@](Cc1c[nH]c2ccccc12)(NC(=O)Cc1ccc(O)cc1)C(=O)NCC1(c2ccccn2)CCCCC1. The number of aromatic amines is 1. The van der Waals surface area contributed by atoms with Crippen LogP contribution < -0.4 is 10.6 Å². The smallest absolute Gasteiger partial charge is 0.245 e. The number of benzene rings is 2. The van der Waals surface area contributed by atoms with Gasteiger partial charge in [-0.1, -0.05) is 55.7 Å². The molecule has 0 saturated heterocycles. The highest BCUT2D eigenvalue weighted by Gasteiger charge is 2.40. The number of para-hydroxylation sites is 1. The van der Waals surface area contributed by atoms with Crippen LogP contribution in [0, 0.1) is 0 Å². The van der Waals surface area contributed by atoms with Crippen LogP contribution in [0.25, 0.3) is 10.9 Å². The first-order valence-corrected chi connectivity index (χ1v) is 13.7. The van der Waals surface area contributed by atoms with Gasteiger partial charge in [0.05, 0.1) is 6.42 Å². The average Bonchev–Trinajstić information content (AvgIpc) is 3.36. The number of nitrogens with zero attached hydrogens (tertiary/aromatic N) is 1. The zero-order valence-electron chi connectivity index (χ0n) is 22.4. The number of nitrogens with one attached hydrogen (secondary N) is 3. The monoisotopic (exact) mass is 524 g/mol. The van der Waals surface area contributed by atoms with Gasteiger partial charge in [-0.2, -0.15) is 0 Å². The normalized spacial score (nSPS) is 16.3. The Bertz CT molecular complexity index is 1420. The van der Waals surface area contributed by atoms with E-state index in [1.807, 2.05) is 48.8 Å². The van der Waals surface area contributed by atoms with Crippen LogP contribution in [0.15, 0.2) is 79.1 Å². The van der Waals surface area contributed by atoms with E-state index >= 15 is 0 Å². The molecule has 2 aromatic heterocycles. The first kappa shape index (κ1) is 26.5. The van der Waals surface area contributed by atoms with Gasteiger partial charge in [0.15, 0.2) is 0 Å². The molecule has 0 bridgehead atoms. The first-order chi connectivity index (χ1) is 18.9. The van der Waals surface area contributed by atoms with Gasteiger partial charge in [-0.25, -0.2) is 0 Å². The summed E-state index contributed by atoms with van der Waals surface area (Å²) in [5.41, 5.74) is 2.33. The van der Waals surface area contributed by atoms with Gasteiger partial charge in [0, 0.05) is 47.4 Å². The molecule has 5 rings (SSSR count). The van der Waals surface area contributed by atoms with Crippen LogP contribution in [0.2, 0.25) is 0 Å². The Morgan fingerprint density at radius 1 is 1.00 bits per heavy atom. The van der Waals surface area contributed by atoms with Gasteiger partial charge in [-0.15, -0.1) is 0 Å². The fourth-order valence-corrected chi connectivity index (χ4v) is 5.86. The van der Waals surface area contributed by atoms with Crippen molar-refractivity contribution < 1.29 is 14.7 Å². The maximum absolute atomic E-state index is 14.0. The Morgan fingerprint density at radius 3 is 2.49 bits per heavy atom. The predicted octanol–water partition coefficient (Wildman–Crippen LogP) is 4.95. The minimum Gasteiger partial charge on any atom is -0.508 e. The topological polar surface area (TPSA) is 107 Å². The third kappa shape index (κ3) is 5.98. The number of carbonyl (C=O) groups excluding carboxylic acids is 2. The van der Waals surface area contributed by atoms with Crippen LogP contribution in [0.1, 0.15) is 55.8 Å². The van der Waals surface area contributed by atoms with Crippen LogP contribution in [-0.4, -0.2) is 39.0 Å². The molecule has 2 amide bonds. The number of pyridine rings is 1. The van der Waals surface area contributed by atoms with Crippen molar-refractivity contribution in [3.63, 3.8) is 0 Å². The molecular formula is C32H36N4O3. The minimum atomic E-state index is -1.18. The van der Waals surface area contributed by atoms with E-state index in [0.717, 1.165) is 53.4 Å². The maximum Gasteiger partial charge on any atom is 0.245 e. The van der Waals surface area contributed by atoms with Crippen molar-refractivity contribution in [3.8, 4) is 5.75 Å². The van der Waals surface area contributed by atoms with Gasteiger partial charge in [0.2, 0.25) is 11.8 Å². The van der Waals surface area contributed by atoms with Crippen LogP contribution in [0.3, 0.4) is 0 Å². The fourth-order valence-electron chi connectivity index (χ4n) is 5.86. The Morgan fingerprint density at radius 2 is 1.74 bits per heavy atom. The second-order valence-corrected chi connectivity index (χ2v) is 11.0. The highest BCUT2D eigenvalue weighted by atomic mass is 16.3. The van der Waals surface area contributed by atoms with Crippen molar-refractivity contribution in [2.24, 2.45) is 0 Å². The standard InChI is InChI=1S/C32H36N4O3/c1-31(20-24-21-34-27-10-4-3-9-26(24)27,36-29(38)19-23-12-14-25(37)15-13-23)30(39)35-22-32(16-6-2-7-17-32)28-11-5-8-18-33-28/h3-5,8-15,18,21,34,37H,2,6-7,16-17,19-20,22H2,1H3,(H,35,39)(H,36,38)/t31-/m0/s1. The molecular weight excluding hydrogens is 488 g/mol. The van der Waals surface area contributed by atoms with Crippen molar-refractivity contribution in [1.82, 2.24) is 20.6 Å². The number of fused-ring (bicyclic) bond motifs is 1. The van der Waals surface area contributed by atoms with Crippen LogP contribution in [0.4, 0.5) is 0 Å². The fraction of sp³-hybridized carbons (Fsp3) is 0.344. The molecule has 1 fully saturated rings. The summed E-state index contributed by atoms with van der Waals surface area (Å²) in [6.07, 6.45) is 9.50. The van der Waals surface area contributed by atoms with Crippen molar-refractivity contribution in [2.75, 3.05) is 6.54 Å². The number of phenols is 1. The Hall–Kier alpha value is -4.13. The zero-order valence-corrected chi connectivity index (χ0v) is 22.4. The highest BCUT2D eigenvalue weighted by molar-refractivity contribution is 5.93.